The molecule has 5 nitrogen and oxygen atoms in total. The SMILES string of the molecule is CCNC(=NCC(CC)CC)NCC(O)CN1CCc2ccccc2C1.I. The number of fused-ring (bicyclic) bond motifs is 1. The Labute approximate surface area is 182 Å². The van der Waals surface area contributed by atoms with Gasteiger partial charge in [0.1, 0.15) is 0 Å². The van der Waals surface area contributed by atoms with Crippen LogP contribution in [0.2, 0.25) is 0 Å². The average Bonchev–Trinajstić information content (AvgIpc) is 2.66. The molecule has 3 N–H and O–H groups in total. The summed E-state index contributed by atoms with van der Waals surface area (Å²) < 4.78 is 0. The van der Waals surface area contributed by atoms with Gasteiger partial charge in [0.05, 0.1) is 6.10 Å². The van der Waals surface area contributed by atoms with Gasteiger partial charge in [0.15, 0.2) is 5.96 Å². The van der Waals surface area contributed by atoms with Gasteiger partial charge in [-0.3, -0.25) is 9.89 Å². The van der Waals surface area contributed by atoms with Gasteiger partial charge in [0.25, 0.3) is 0 Å². The van der Waals surface area contributed by atoms with Crippen LogP contribution in [-0.4, -0.2) is 54.8 Å². The molecule has 1 heterocycles. The Morgan fingerprint density at radius 3 is 2.52 bits per heavy atom. The number of aliphatic imine (C=N–C) groups is 1. The molecule has 1 aromatic carbocycles. The number of β-amino-alcohol motifs (C(OH)–C–C–N with tert-alkyl or cyclic N) is 1. The molecule has 0 saturated heterocycles. The topological polar surface area (TPSA) is 59.9 Å². The second-order valence-corrected chi connectivity index (χ2v) is 7.19. The van der Waals surface area contributed by atoms with Gasteiger partial charge in [0, 0.05) is 39.3 Å². The lowest BCUT2D eigenvalue weighted by Gasteiger charge is -2.30. The van der Waals surface area contributed by atoms with Crippen molar-refractivity contribution in [3.63, 3.8) is 0 Å². The van der Waals surface area contributed by atoms with Crippen LogP contribution in [0.15, 0.2) is 29.3 Å². The summed E-state index contributed by atoms with van der Waals surface area (Å²) in [6, 6.07) is 8.61. The molecule has 6 heteroatoms. The summed E-state index contributed by atoms with van der Waals surface area (Å²) >= 11 is 0. The molecule has 1 aromatic rings. The second kappa shape index (κ2) is 13.3. The van der Waals surface area contributed by atoms with E-state index in [1.54, 1.807) is 0 Å². The van der Waals surface area contributed by atoms with Crippen LogP contribution in [0.3, 0.4) is 0 Å². The maximum absolute atomic E-state index is 10.4. The van der Waals surface area contributed by atoms with Crippen molar-refractivity contribution in [1.82, 2.24) is 15.5 Å². The predicted molar refractivity (Wildman–Crippen MR) is 125 cm³/mol. The molecule has 2 rings (SSSR count). The summed E-state index contributed by atoms with van der Waals surface area (Å²) in [6.45, 7) is 11.3. The Balaban J connectivity index is 0.00000364. The fraction of sp³-hybridized carbons (Fsp3) is 0.667. The standard InChI is InChI=1S/C21H36N4O.HI/c1-4-17(5-2)13-23-21(22-6-3)24-14-20(26)16-25-12-11-18-9-7-8-10-19(18)15-25;/h7-10,17,20,26H,4-6,11-16H2,1-3H3,(H2,22,23,24);1H. The molecule has 0 bridgehead atoms. The van der Waals surface area contributed by atoms with E-state index >= 15 is 0 Å². The summed E-state index contributed by atoms with van der Waals surface area (Å²) in [5.74, 6) is 1.44. The van der Waals surface area contributed by atoms with Crippen molar-refractivity contribution < 1.29 is 5.11 Å². The Kier molecular flexibility index (Phi) is 11.9. The van der Waals surface area contributed by atoms with Gasteiger partial charge in [0.2, 0.25) is 0 Å². The van der Waals surface area contributed by atoms with Crippen molar-refractivity contribution >= 4 is 29.9 Å². The molecular formula is C21H37IN4O. The van der Waals surface area contributed by atoms with Crippen molar-refractivity contribution in [3.8, 4) is 0 Å². The van der Waals surface area contributed by atoms with Gasteiger partial charge in [-0.05, 0) is 30.4 Å². The third-order valence-corrected chi connectivity index (χ3v) is 5.19. The van der Waals surface area contributed by atoms with Crippen molar-refractivity contribution in [2.24, 2.45) is 10.9 Å². The molecule has 1 atom stereocenters. The van der Waals surface area contributed by atoms with Crippen molar-refractivity contribution in [3.05, 3.63) is 35.4 Å². The Bertz CT molecular complexity index is 563. The highest BCUT2D eigenvalue weighted by molar-refractivity contribution is 14.0. The van der Waals surface area contributed by atoms with Gasteiger partial charge in [-0.25, -0.2) is 0 Å². The molecule has 0 aliphatic carbocycles. The number of aliphatic hydroxyl groups excluding tert-OH is 1. The van der Waals surface area contributed by atoms with Crippen LogP contribution in [0, 0.1) is 5.92 Å². The molecule has 0 amide bonds. The van der Waals surface area contributed by atoms with Crippen LogP contribution in [0.4, 0.5) is 0 Å². The van der Waals surface area contributed by atoms with E-state index in [1.165, 1.54) is 11.1 Å². The first-order chi connectivity index (χ1) is 12.7. The molecule has 0 saturated carbocycles. The molecule has 0 radical (unpaired) electrons. The first kappa shape index (κ1) is 24.2. The maximum Gasteiger partial charge on any atom is 0.191 e. The van der Waals surface area contributed by atoms with Gasteiger partial charge in [-0.15, -0.1) is 24.0 Å². The van der Waals surface area contributed by atoms with E-state index in [0.29, 0.717) is 19.0 Å². The molecular weight excluding hydrogens is 451 g/mol. The molecule has 0 spiro atoms. The second-order valence-electron chi connectivity index (χ2n) is 7.19. The molecule has 1 unspecified atom stereocenters. The zero-order valence-corrected chi connectivity index (χ0v) is 19.4. The molecule has 0 fully saturated rings. The largest absolute Gasteiger partial charge is 0.390 e. The smallest absolute Gasteiger partial charge is 0.191 e. The summed E-state index contributed by atoms with van der Waals surface area (Å²) in [5, 5.41) is 17.0. The number of rotatable bonds is 9. The zero-order chi connectivity index (χ0) is 18.8. The number of hydrogen-bond acceptors (Lipinski definition) is 3. The first-order valence-corrected chi connectivity index (χ1v) is 10.2. The lowest BCUT2D eigenvalue weighted by molar-refractivity contribution is 0.108. The number of halogens is 1. The number of hydrogen-bond donors (Lipinski definition) is 3. The summed E-state index contributed by atoms with van der Waals surface area (Å²) in [7, 11) is 0. The van der Waals surface area contributed by atoms with Crippen LogP contribution in [0.5, 0.6) is 0 Å². The highest BCUT2D eigenvalue weighted by Crippen LogP contribution is 2.18. The van der Waals surface area contributed by atoms with E-state index < -0.39 is 6.10 Å². The van der Waals surface area contributed by atoms with Crippen LogP contribution >= 0.6 is 24.0 Å². The first-order valence-electron chi connectivity index (χ1n) is 10.2. The fourth-order valence-electron chi connectivity index (χ4n) is 3.40. The van der Waals surface area contributed by atoms with Crippen LogP contribution < -0.4 is 10.6 Å². The van der Waals surface area contributed by atoms with Gasteiger partial charge in [-0.1, -0.05) is 51.0 Å². The molecule has 27 heavy (non-hydrogen) atoms. The molecule has 0 aromatic heterocycles. The predicted octanol–water partition coefficient (Wildman–Crippen LogP) is 3.01. The highest BCUT2D eigenvalue weighted by Gasteiger charge is 2.18. The molecule has 1 aliphatic heterocycles. The molecule has 1 aliphatic rings. The Hall–Kier alpha value is -0.860. The van der Waals surface area contributed by atoms with Crippen LogP contribution in [0.1, 0.15) is 44.7 Å². The minimum Gasteiger partial charge on any atom is -0.390 e. The number of aliphatic hydroxyl groups is 1. The third kappa shape index (κ3) is 8.35. The number of nitrogens with zero attached hydrogens (tertiary/aromatic N) is 2. The van der Waals surface area contributed by atoms with E-state index in [2.05, 4.69) is 65.6 Å². The minimum atomic E-state index is -0.405. The van der Waals surface area contributed by atoms with E-state index in [-0.39, 0.29) is 24.0 Å². The van der Waals surface area contributed by atoms with E-state index in [1.807, 2.05) is 0 Å². The maximum atomic E-state index is 10.4. The van der Waals surface area contributed by atoms with Crippen LogP contribution in [-0.2, 0) is 13.0 Å². The van der Waals surface area contributed by atoms with Gasteiger partial charge in [-0.2, -0.15) is 0 Å². The van der Waals surface area contributed by atoms with E-state index in [9.17, 15) is 5.11 Å². The van der Waals surface area contributed by atoms with E-state index in [0.717, 1.165) is 51.4 Å². The highest BCUT2D eigenvalue weighted by atomic mass is 127. The lowest BCUT2D eigenvalue weighted by atomic mass is 10.00. The number of guanidine groups is 1. The minimum absolute atomic E-state index is 0. The van der Waals surface area contributed by atoms with E-state index in [4.69, 9.17) is 0 Å². The summed E-state index contributed by atoms with van der Waals surface area (Å²) in [4.78, 5) is 7.01. The lowest BCUT2D eigenvalue weighted by Crippen LogP contribution is -2.45. The van der Waals surface area contributed by atoms with Crippen molar-refractivity contribution in [2.75, 3.05) is 32.7 Å². The zero-order valence-electron chi connectivity index (χ0n) is 17.1. The molecule has 154 valence electrons. The third-order valence-electron chi connectivity index (χ3n) is 5.19. The number of nitrogens with one attached hydrogen (secondary N) is 2. The Morgan fingerprint density at radius 2 is 1.85 bits per heavy atom. The monoisotopic (exact) mass is 488 g/mol. The quantitative estimate of drug-likeness (QED) is 0.284. The normalized spacial score (nSPS) is 15.8. The fourth-order valence-corrected chi connectivity index (χ4v) is 3.40. The summed E-state index contributed by atoms with van der Waals surface area (Å²) in [6.07, 6.45) is 2.96. The summed E-state index contributed by atoms with van der Waals surface area (Å²) in [5.41, 5.74) is 2.83. The van der Waals surface area contributed by atoms with Gasteiger partial charge < -0.3 is 15.7 Å². The number of benzene rings is 1. The Morgan fingerprint density at radius 1 is 1.15 bits per heavy atom. The average molecular weight is 488 g/mol. The van der Waals surface area contributed by atoms with Gasteiger partial charge >= 0.3 is 0 Å². The van der Waals surface area contributed by atoms with Crippen molar-refractivity contribution in [1.29, 1.82) is 0 Å². The van der Waals surface area contributed by atoms with Crippen molar-refractivity contribution in [2.45, 2.75) is 52.7 Å². The van der Waals surface area contributed by atoms with Crippen LogP contribution in [0.25, 0.3) is 0 Å².